The van der Waals surface area contributed by atoms with Gasteiger partial charge in [0.15, 0.2) is 5.88 Å². The maximum atomic E-state index is 6.01. The van der Waals surface area contributed by atoms with Crippen molar-refractivity contribution in [2.24, 2.45) is 0 Å². The van der Waals surface area contributed by atoms with E-state index in [-0.39, 0.29) is 11.1 Å². The zero-order valence-electron chi connectivity index (χ0n) is 12.6. The number of hydrogen-bond acceptors (Lipinski definition) is 3. The zero-order chi connectivity index (χ0) is 13.6. The fourth-order valence-electron chi connectivity index (χ4n) is 2.53. The van der Waals surface area contributed by atoms with Crippen molar-refractivity contribution < 1.29 is 9.47 Å². The molecule has 106 valence electrons. The molecule has 1 fully saturated rings. The third-order valence-electron chi connectivity index (χ3n) is 3.18. The molecular formula is C15H29NO2. The summed E-state index contributed by atoms with van der Waals surface area (Å²) in [5, 5.41) is 3.60. The van der Waals surface area contributed by atoms with Gasteiger partial charge in [0.25, 0.3) is 0 Å². The van der Waals surface area contributed by atoms with Gasteiger partial charge in [-0.1, -0.05) is 19.8 Å². The molecule has 0 spiro atoms. The highest BCUT2D eigenvalue weighted by molar-refractivity contribution is 5.03. The molecule has 0 bridgehead atoms. The van der Waals surface area contributed by atoms with E-state index in [1.54, 1.807) is 7.11 Å². The van der Waals surface area contributed by atoms with Gasteiger partial charge in [-0.2, -0.15) is 0 Å². The van der Waals surface area contributed by atoms with Gasteiger partial charge in [0, 0.05) is 7.11 Å². The molecule has 1 saturated carbocycles. The minimum atomic E-state index is -0.166. The first-order valence-electron chi connectivity index (χ1n) is 7.07. The summed E-state index contributed by atoms with van der Waals surface area (Å²) < 4.78 is 11.4. The molecular weight excluding hydrogens is 226 g/mol. The highest BCUT2D eigenvalue weighted by atomic mass is 16.5. The number of hydrogen-bond donors (Lipinski definition) is 1. The van der Waals surface area contributed by atoms with Gasteiger partial charge in [-0.25, -0.2) is 0 Å². The smallest absolute Gasteiger partial charge is 0.183 e. The van der Waals surface area contributed by atoms with Gasteiger partial charge in [-0.15, -0.1) is 0 Å². The normalized spacial score (nSPS) is 19.9. The summed E-state index contributed by atoms with van der Waals surface area (Å²) in [5.74, 6) is 0.906. The number of nitrogens with one attached hydrogen (secondary N) is 1. The van der Waals surface area contributed by atoms with Gasteiger partial charge in [0.05, 0.1) is 12.1 Å². The highest BCUT2D eigenvalue weighted by Gasteiger charge is 2.35. The van der Waals surface area contributed by atoms with E-state index in [0.29, 0.717) is 0 Å². The van der Waals surface area contributed by atoms with Crippen molar-refractivity contribution in [1.29, 1.82) is 0 Å². The van der Waals surface area contributed by atoms with Gasteiger partial charge >= 0.3 is 0 Å². The number of ether oxygens (including phenoxy) is 2. The van der Waals surface area contributed by atoms with Gasteiger partial charge in [0.2, 0.25) is 0 Å². The topological polar surface area (TPSA) is 30.5 Å². The molecule has 0 atom stereocenters. The first-order chi connectivity index (χ1) is 8.41. The molecule has 0 unspecified atom stereocenters. The van der Waals surface area contributed by atoms with E-state index in [9.17, 15) is 0 Å². The Morgan fingerprint density at radius 1 is 1.28 bits per heavy atom. The van der Waals surface area contributed by atoms with Crippen LogP contribution in [0.1, 0.15) is 59.8 Å². The summed E-state index contributed by atoms with van der Waals surface area (Å²) in [4.78, 5) is 0. The van der Waals surface area contributed by atoms with Gasteiger partial charge in [-0.3, -0.25) is 0 Å². The van der Waals surface area contributed by atoms with Crippen LogP contribution in [-0.2, 0) is 9.47 Å². The van der Waals surface area contributed by atoms with E-state index in [2.05, 4.69) is 39.1 Å². The van der Waals surface area contributed by atoms with Gasteiger partial charge < -0.3 is 14.8 Å². The van der Waals surface area contributed by atoms with E-state index in [0.717, 1.165) is 31.8 Å². The molecule has 0 aromatic heterocycles. The summed E-state index contributed by atoms with van der Waals surface area (Å²) >= 11 is 0. The molecule has 18 heavy (non-hydrogen) atoms. The molecule has 0 heterocycles. The lowest BCUT2D eigenvalue weighted by Gasteiger charge is -2.34. The molecule has 0 aromatic rings. The minimum Gasteiger partial charge on any atom is -0.474 e. The van der Waals surface area contributed by atoms with Crippen LogP contribution in [0.15, 0.2) is 12.0 Å². The molecule has 1 rings (SSSR count). The van der Waals surface area contributed by atoms with Crippen molar-refractivity contribution >= 4 is 0 Å². The molecule has 3 nitrogen and oxygen atoms in total. The second-order valence-corrected chi connectivity index (χ2v) is 6.24. The lowest BCUT2D eigenvalue weighted by Crippen LogP contribution is -2.47. The zero-order valence-corrected chi connectivity index (χ0v) is 12.6. The van der Waals surface area contributed by atoms with Crippen molar-refractivity contribution in [2.75, 3.05) is 13.7 Å². The second kappa shape index (κ2) is 6.46. The van der Waals surface area contributed by atoms with Crippen molar-refractivity contribution in [3.8, 4) is 0 Å². The van der Waals surface area contributed by atoms with Crippen LogP contribution in [0.2, 0.25) is 0 Å². The number of rotatable bonds is 6. The predicted octanol–water partition coefficient (Wildman–Crippen LogP) is 3.60. The SMILES string of the molecule is CC/C=C(\NC1(COC)CCCC1)OC(C)(C)C. The first-order valence-corrected chi connectivity index (χ1v) is 7.07. The average Bonchev–Trinajstić information content (AvgIpc) is 2.64. The molecule has 1 aliphatic carbocycles. The Kier molecular flexibility index (Phi) is 5.51. The van der Waals surface area contributed by atoms with E-state index in [1.807, 2.05) is 0 Å². The Morgan fingerprint density at radius 3 is 2.33 bits per heavy atom. The van der Waals surface area contributed by atoms with E-state index >= 15 is 0 Å². The van der Waals surface area contributed by atoms with Crippen LogP contribution in [0.25, 0.3) is 0 Å². The summed E-state index contributed by atoms with van der Waals surface area (Å²) in [7, 11) is 1.77. The monoisotopic (exact) mass is 255 g/mol. The largest absolute Gasteiger partial charge is 0.474 e. The Labute approximate surface area is 112 Å². The van der Waals surface area contributed by atoms with Crippen LogP contribution in [0.4, 0.5) is 0 Å². The summed E-state index contributed by atoms with van der Waals surface area (Å²) in [6.07, 6.45) is 7.96. The molecule has 1 aliphatic rings. The quantitative estimate of drug-likeness (QED) is 0.736. The lowest BCUT2D eigenvalue weighted by molar-refractivity contribution is 0.0200. The number of methoxy groups -OCH3 is 1. The van der Waals surface area contributed by atoms with Gasteiger partial charge in [0.1, 0.15) is 5.60 Å². The molecule has 0 aliphatic heterocycles. The molecule has 1 N–H and O–H groups in total. The maximum Gasteiger partial charge on any atom is 0.183 e. The standard InChI is InChI=1S/C15H29NO2/c1-6-9-13(18-14(2,3)4)16-15(12-17-5)10-7-8-11-15/h9,16H,6-8,10-12H2,1-5H3/b13-9+. The Balaban J connectivity index is 2.72. The molecule has 0 aromatic carbocycles. The number of allylic oxidation sites excluding steroid dienone is 1. The van der Waals surface area contributed by atoms with E-state index in [4.69, 9.17) is 9.47 Å². The Bertz CT molecular complexity index is 273. The van der Waals surface area contributed by atoms with Crippen LogP contribution in [0.3, 0.4) is 0 Å². The van der Waals surface area contributed by atoms with Crippen LogP contribution in [0, 0.1) is 0 Å². The van der Waals surface area contributed by atoms with Crippen LogP contribution < -0.4 is 5.32 Å². The molecule has 0 amide bonds. The van der Waals surface area contributed by atoms with Crippen LogP contribution in [-0.4, -0.2) is 24.9 Å². The van der Waals surface area contributed by atoms with Gasteiger partial charge in [-0.05, 0) is 46.1 Å². The Morgan fingerprint density at radius 2 is 1.89 bits per heavy atom. The molecule has 3 heteroatoms. The summed E-state index contributed by atoms with van der Waals surface area (Å²) in [5.41, 5.74) is -0.0954. The maximum absolute atomic E-state index is 6.01. The van der Waals surface area contributed by atoms with E-state index in [1.165, 1.54) is 12.8 Å². The lowest BCUT2D eigenvalue weighted by atomic mass is 9.99. The fourth-order valence-corrected chi connectivity index (χ4v) is 2.53. The summed E-state index contributed by atoms with van der Waals surface area (Å²) in [6.45, 7) is 9.12. The molecule has 0 radical (unpaired) electrons. The fraction of sp³-hybridized carbons (Fsp3) is 0.867. The average molecular weight is 255 g/mol. The predicted molar refractivity (Wildman–Crippen MR) is 75.4 cm³/mol. The van der Waals surface area contributed by atoms with Crippen LogP contribution in [0.5, 0.6) is 0 Å². The minimum absolute atomic E-state index is 0.0704. The second-order valence-electron chi connectivity index (χ2n) is 6.24. The van der Waals surface area contributed by atoms with Crippen molar-refractivity contribution in [1.82, 2.24) is 5.32 Å². The summed E-state index contributed by atoms with van der Waals surface area (Å²) in [6, 6.07) is 0. The Hall–Kier alpha value is -0.700. The van der Waals surface area contributed by atoms with Crippen molar-refractivity contribution in [3.63, 3.8) is 0 Å². The van der Waals surface area contributed by atoms with Crippen LogP contribution >= 0.6 is 0 Å². The van der Waals surface area contributed by atoms with Crippen molar-refractivity contribution in [2.45, 2.75) is 70.9 Å². The highest BCUT2D eigenvalue weighted by Crippen LogP contribution is 2.31. The van der Waals surface area contributed by atoms with Crippen molar-refractivity contribution in [3.05, 3.63) is 12.0 Å². The third-order valence-corrected chi connectivity index (χ3v) is 3.18. The first kappa shape index (κ1) is 15.4. The van der Waals surface area contributed by atoms with E-state index < -0.39 is 0 Å². The molecule has 0 saturated heterocycles. The third kappa shape index (κ3) is 4.89.